The van der Waals surface area contributed by atoms with Crippen LogP contribution in [0.5, 0.6) is 0 Å². The van der Waals surface area contributed by atoms with Gasteiger partial charge in [0.15, 0.2) is 5.11 Å². The third-order valence-electron chi connectivity index (χ3n) is 2.94. The highest BCUT2D eigenvalue weighted by molar-refractivity contribution is 7.80. The van der Waals surface area contributed by atoms with Crippen LogP contribution in [-0.2, 0) is 0 Å². The Morgan fingerprint density at radius 3 is 2.38 bits per heavy atom. The molecule has 0 amide bonds. The van der Waals surface area contributed by atoms with Crippen molar-refractivity contribution in [2.75, 3.05) is 33.7 Å². The topological polar surface area (TPSA) is 18.5 Å². The van der Waals surface area contributed by atoms with Gasteiger partial charge in [0.05, 0.1) is 0 Å². The predicted molar refractivity (Wildman–Crippen MR) is 73.7 cm³/mol. The van der Waals surface area contributed by atoms with E-state index in [1.807, 2.05) is 0 Å². The summed E-state index contributed by atoms with van der Waals surface area (Å²) in [5.41, 5.74) is 0. The van der Waals surface area contributed by atoms with Crippen LogP contribution >= 0.6 is 12.2 Å². The Morgan fingerprint density at radius 2 is 1.94 bits per heavy atom. The van der Waals surface area contributed by atoms with E-state index in [9.17, 15) is 0 Å². The third-order valence-corrected chi connectivity index (χ3v) is 3.31. The number of piperidine rings is 1. The Kier molecular flexibility index (Phi) is 5.49. The molecule has 1 rings (SSSR count). The average molecular weight is 243 g/mol. The van der Waals surface area contributed by atoms with Crippen LogP contribution in [0.15, 0.2) is 0 Å². The zero-order valence-electron chi connectivity index (χ0n) is 11.0. The van der Waals surface area contributed by atoms with Gasteiger partial charge in [-0.3, -0.25) is 0 Å². The molecule has 0 aromatic carbocycles. The zero-order chi connectivity index (χ0) is 12.1. The fourth-order valence-electron chi connectivity index (χ4n) is 2.17. The van der Waals surface area contributed by atoms with E-state index < -0.39 is 0 Å². The number of likely N-dealkylation sites (tertiary alicyclic amines) is 1. The van der Waals surface area contributed by atoms with Crippen LogP contribution in [0.1, 0.15) is 26.7 Å². The van der Waals surface area contributed by atoms with Gasteiger partial charge in [-0.1, -0.05) is 0 Å². The molecule has 0 spiro atoms. The monoisotopic (exact) mass is 243 g/mol. The van der Waals surface area contributed by atoms with Gasteiger partial charge in [0.1, 0.15) is 0 Å². The van der Waals surface area contributed by atoms with E-state index in [0.717, 1.165) is 24.1 Å². The number of thiocarbonyl (C=S) groups is 1. The molecule has 94 valence electrons. The largest absolute Gasteiger partial charge is 0.360 e. The van der Waals surface area contributed by atoms with E-state index in [1.165, 1.54) is 19.4 Å². The van der Waals surface area contributed by atoms with Gasteiger partial charge >= 0.3 is 0 Å². The summed E-state index contributed by atoms with van der Waals surface area (Å²) in [5.74, 6) is 0.841. The van der Waals surface area contributed by atoms with Gasteiger partial charge in [0.2, 0.25) is 0 Å². The van der Waals surface area contributed by atoms with Crippen molar-refractivity contribution in [2.45, 2.75) is 32.7 Å². The molecule has 0 saturated carbocycles. The van der Waals surface area contributed by atoms with Gasteiger partial charge in [-0.15, -0.1) is 0 Å². The first-order valence-corrected chi connectivity index (χ1v) is 6.60. The minimum atomic E-state index is 0.437. The Morgan fingerprint density at radius 1 is 1.38 bits per heavy atom. The zero-order valence-corrected chi connectivity index (χ0v) is 11.8. The minimum absolute atomic E-state index is 0.437. The van der Waals surface area contributed by atoms with E-state index in [1.54, 1.807) is 0 Å². The van der Waals surface area contributed by atoms with E-state index in [0.29, 0.717) is 6.04 Å². The summed E-state index contributed by atoms with van der Waals surface area (Å²) in [6.45, 7) is 7.68. The number of nitrogens with one attached hydrogen (secondary N) is 1. The number of nitrogens with zero attached hydrogens (tertiary/aromatic N) is 2. The number of hydrogen-bond acceptors (Lipinski definition) is 2. The maximum Gasteiger partial charge on any atom is 0.169 e. The van der Waals surface area contributed by atoms with Crippen molar-refractivity contribution in [1.29, 1.82) is 0 Å². The second-order valence-corrected chi connectivity index (χ2v) is 5.68. The van der Waals surface area contributed by atoms with Crippen LogP contribution < -0.4 is 5.32 Å². The molecule has 4 heteroatoms. The minimum Gasteiger partial charge on any atom is -0.360 e. The molecule has 0 atom stereocenters. The summed E-state index contributed by atoms with van der Waals surface area (Å²) in [6, 6.07) is 0.437. The molecular formula is C12H25N3S. The highest BCUT2D eigenvalue weighted by atomic mass is 32.1. The van der Waals surface area contributed by atoms with Crippen molar-refractivity contribution < 1.29 is 0 Å². The summed E-state index contributed by atoms with van der Waals surface area (Å²) in [6.07, 6.45) is 2.52. The maximum absolute atomic E-state index is 5.38. The van der Waals surface area contributed by atoms with Gasteiger partial charge in [-0.05, 0) is 58.9 Å². The predicted octanol–water partition coefficient (Wildman–Crippen LogP) is 1.54. The van der Waals surface area contributed by atoms with Gasteiger partial charge in [0.25, 0.3) is 0 Å². The van der Waals surface area contributed by atoms with Crippen molar-refractivity contribution in [3.63, 3.8) is 0 Å². The fraction of sp³-hybridized carbons (Fsp3) is 0.917. The summed E-state index contributed by atoms with van der Waals surface area (Å²) >= 11 is 5.38. The van der Waals surface area contributed by atoms with Crippen LogP contribution in [0.3, 0.4) is 0 Å². The Bertz CT molecular complexity index is 220. The molecular weight excluding hydrogens is 218 g/mol. The van der Waals surface area contributed by atoms with Crippen LogP contribution in [-0.4, -0.2) is 54.7 Å². The van der Waals surface area contributed by atoms with Crippen molar-refractivity contribution in [1.82, 2.24) is 15.1 Å². The molecule has 0 aromatic heterocycles. The van der Waals surface area contributed by atoms with E-state index >= 15 is 0 Å². The molecule has 0 radical (unpaired) electrons. The lowest BCUT2D eigenvalue weighted by atomic mass is 9.97. The van der Waals surface area contributed by atoms with Gasteiger partial charge in [-0.2, -0.15) is 0 Å². The molecule has 1 saturated heterocycles. The maximum atomic E-state index is 5.38. The van der Waals surface area contributed by atoms with Crippen LogP contribution in [0.4, 0.5) is 0 Å². The molecule has 0 aromatic rings. The van der Waals surface area contributed by atoms with Crippen molar-refractivity contribution in [3.05, 3.63) is 0 Å². The van der Waals surface area contributed by atoms with Crippen LogP contribution in [0.2, 0.25) is 0 Å². The smallest absolute Gasteiger partial charge is 0.169 e. The van der Waals surface area contributed by atoms with Gasteiger partial charge in [0, 0.05) is 25.7 Å². The van der Waals surface area contributed by atoms with E-state index in [-0.39, 0.29) is 0 Å². The molecule has 1 aliphatic heterocycles. The highest BCUT2D eigenvalue weighted by Crippen LogP contribution is 2.17. The summed E-state index contributed by atoms with van der Waals surface area (Å²) in [4.78, 5) is 4.59. The molecule has 16 heavy (non-hydrogen) atoms. The number of rotatable bonds is 3. The molecule has 1 aliphatic rings. The first kappa shape index (κ1) is 13.7. The molecule has 1 heterocycles. The quantitative estimate of drug-likeness (QED) is 0.758. The lowest BCUT2D eigenvalue weighted by Crippen LogP contribution is -2.47. The first-order chi connectivity index (χ1) is 7.49. The second-order valence-electron chi connectivity index (χ2n) is 5.30. The van der Waals surface area contributed by atoms with Crippen LogP contribution in [0.25, 0.3) is 0 Å². The Labute approximate surface area is 105 Å². The first-order valence-electron chi connectivity index (χ1n) is 6.19. The Hall–Kier alpha value is -0.350. The van der Waals surface area contributed by atoms with E-state index in [4.69, 9.17) is 12.2 Å². The molecule has 0 unspecified atom stereocenters. The lowest BCUT2D eigenvalue weighted by Gasteiger charge is -2.35. The second kappa shape index (κ2) is 6.40. The standard InChI is InChI=1S/C12H25N3S/c1-10(2)13-12(16)15-7-5-11(6-8-15)9-14(3)4/h10-11H,5-9H2,1-4H3,(H,13,16). The molecule has 3 nitrogen and oxygen atoms in total. The lowest BCUT2D eigenvalue weighted by molar-refractivity contribution is 0.217. The molecule has 0 aliphatic carbocycles. The normalized spacial score (nSPS) is 18.2. The van der Waals surface area contributed by atoms with Crippen molar-refractivity contribution in [3.8, 4) is 0 Å². The fourth-order valence-corrected chi connectivity index (χ4v) is 2.59. The highest BCUT2D eigenvalue weighted by Gasteiger charge is 2.21. The Balaban J connectivity index is 2.28. The molecule has 0 bridgehead atoms. The SMILES string of the molecule is CC(C)NC(=S)N1CCC(CN(C)C)CC1. The average Bonchev–Trinajstić information content (AvgIpc) is 2.16. The van der Waals surface area contributed by atoms with E-state index in [2.05, 4.69) is 43.1 Å². The van der Waals surface area contributed by atoms with Crippen molar-refractivity contribution in [2.24, 2.45) is 5.92 Å². The van der Waals surface area contributed by atoms with Crippen molar-refractivity contribution >= 4 is 17.3 Å². The summed E-state index contributed by atoms with van der Waals surface area (Å²) in [7, 11) is 4.30. The van der Waals surface area contributed by atoms with Gasteiger partial charge in [-0.25, -0.2) is 0 Å². The summed E-state index contributed by atoms with van der Waals surface area (Å²) in [5, 5.41) is 4.24. The van der Waals surface area contributed by atoms with Crippen LogP contribution in [0, 0.1) is 5.92 Å². The molecule has 1 fully saturated rings. The summed E-state index contributed by atoms with van der Waals surface area (Å²) < 4.78 is 0. The third kappa shape index (κ3) is 4.66. The molecule has 1 N–H and O–H groups in total. The van der Waals surface area contributed by atoms with Gasteiger partial charge < -0.3 is 15.1 Å². The number of hydrogen-bond donors (Lipinski definition) is 1.